The van der Waals surface area contributed by atoms with Crippen molar-refractivity contribution in [3.63, 3.8) is 0 Å². The maximum absolute atomic E-state index is 11.7. The Kier molecular flexibility index (Phi) is 2.81. The molecule has 1 amide bonds. The van der Waals surface area contributed by atoms with E-state index in [4.69, 9.17) is 11.6 Å². The fourth-order valence-corrected chi connectivity index (χ4v) is 2.87. The highest BCUT2D eigenvalue weighted by Gasteiger charge is 2.26. The molecule has 0 aliphatic heterocycles. The molecule has 5 nitrogen and oxygen atoms in total. The zero-order valence-electron chi connectivity index (χ0n) is 8.51. The van der Waals surface area contributed by atoms with E-state index in [0.29, 0.717) is 11.0 Å². The van der Waals surface area contributed by atoms with Crippen molar-refractivity contribution in [3.8, 4) is 0 Å². The highest BCUT2D eigenvalue weighted by atomic mass is 35.5. The predicted octanol–water partition coefficient (Wildman–Crippen LogP) is 2.78. The van der Waals surface area contributed by atoms with Gasteiger partial charge in [0.05, 0.1) is 5.69 Å². The molecular weight excluding hydrogens is 280 g/mol. The lowest BCUT2D eigenvalue weighted by atomic mass is 10.3. The second-order valence-electron chi connectivity index (χ2n) is 3.67. The molecule has 0 radical (unpaired) electrons. The van der Waals surface area contributed by atoms with Crippen LogP contribution in [-0.4, -0.2) is 21.1 Å². The summed E-state index contributed by atoms with van der Waals surface area (Å²) in [4.78, 5) is 16.1. The van der Waals surface area contributed by atoms with Crippen molar-refractivity contribution in [2.24, 2.45) is 0 Å². The lowest BCUT2D eigenvalue weighted by Crippen LogP contribution is -2.11. The normalized spacial score (nSPS) is 14.9. The zero-order chi connectivity index (χ0) is 11.8. The van der Waals surface area contributed by atoms with Crippen molar-refractivity contribution in [2.75, 3.05) is 5.32 Å². The Bertz CT molecular complexity index is 563. The minimum absolute atomic E-state index is 0.248. The van der Waals surface area contributed by atoms with Gasteiger partial charge in [0.1, 0.15) is 0 Å². The SMILES string of the molecule is O=C(Nc1nc(C2CC2)cs1)c1nnc(Cl)s1. The number of rotatable bonds is 3. The van der Waals surface area contributed by atoms with Gasteiger partial charge in [-0.3, -0.25) is 10.1 Å². The van der Waals surface area contributed by atoms with E-state index >= 15 is 0 Å². The second-order valence-corrected chi connectivity index (χ2v) is 6.08. The molecule has 0 bridgehead atoms. The number of hydrogen-bond donors (Lipinski definition) is 1. The molecule has 0 atom stereocenters. The summed E-state index contributed by atoms with van der Waals surface area (Å²) >= 11 is 8.09. The molecule has 1 N–H and O–H groups in total. The summed E-state index contributed by atoms with van der Waals surface area (Å²) in [6.45, 7) is 0. The number of anilines is 1. The fraction of sp³-hybridized carbons (Fsp3) is 0.333. The molecule has 17 heavy (non-hydrogen) atoms. The quantitative estimate of drug-likeness (QED) is 0.942. The average molecular weight is 287 g/mol. The fourth-order valence-electron chi connectivity index (χ4n) is 1.36. The Morgan fingerprint density at radius 3 is 2.94 bits per heavy atom. The van der Waals surface area contributed by atoms with Crippen molar-refractivity contribution in [1.29, 1.82) is 0 Å². The third-order valence-corrected chi connectivity index (χ3v) is 4.13. The van der Waals surface area contributed by atoms with Crippen LogP contribution in [0.5, 0.6) is 0 Å². The monoisotopic (exact) mass is 286 g/mol. The molecule has 0 spiro atoms. The number of hydrogen-bond acceptors (Lipinski definition) is 6. The number of amides is 1. The lowest BCUT2D eigenvalue weighted by Gasteiger charge is -1.95. The summed E-state index contributed by atoms with van der Waals surface area (Å²) in [5, 5.41) is 12.8. The van der Waals surface area contributed by atoms with Crippen molar-refractivity contribution in [1.82, 2.24) is 15.2 Å². The van der Waals surface area contributed by atoms with Crippen LogP contribution in [0.3, 0.4) is 0 Å². The summed E-state index contributed by atoms with van der Waals surface area (Å²) < 4.78 is 0.257. The summed E-state index contributed by atoms with van der Waals surface area (Å²) in [5.74, 6) is 0.277. The van der Waals surface area contributed by atoms with E-state index < -0.39 is 0 Å². The Labute approximate surface area is 110 Å². The van der Waals surface area contributed by atoms with E-state index in [1.54, 1.807) is 0 Å². The smallest absolute Gasteiger partial charge is 0.288 e. The first-order valence-electron chi connectivity index (χ1n) is 4.98. The van der Waals surface area contributed by atoms with E-state index in [0.717, 1.165) is 17.0 Å². The van der Waals surface area contributed by atoms with Gasteiger partial charge in [-0.25, -0.2) is 4.98 Å². The van der Waals surface area contributed by atoms with Gasteiger partial charge in [-0.2, -0.15) is 0 Å². The maximum atomic E-state index is 11.7. The third kappa shape index (κ3) is 2.46. The van der Waals surface area contributed by atoms with Crippen molar-refractivity contribution in [2.45, 2.75) is 18.8 Å². The summed E-state index contributed by atoms with van der Waals surface area (Å²) in [6.07, 6.45) is 2.40. The number of carbonyl (C=O) groups excluding carboxylic acids is 1. The van der Waals surface area contributed by atoms with E-state index in [1.807, 2.05) is 5.38 Å². The molecule has 1 aliphatic carbocycles. The Morgan fingerprint density at radius 2 is 2.29 bits per heavy atom. The van der Waals surface area contributed by atoms with Crippen LogP contribution in [0.4, 0.5) is 5.13 Å². The standard InChI is InChI=1S/C9H7ClN4OS2/c10-8-14-13-7(17-8)6(15)12-9-11-5(3-16-9)4-1-2-4/h3-4H,1-2H2,(H,11,12,15). The first kappa shape index (κ1) is 11.1. The minimum Gasteiger partial charge on any atom is -0.296 e. The predicted molar refractivity (Wildman–Crippen MR) is 67.0 cm³/mol. The van der Waals surface area contributed by atoms with Gasteiger partial charge in [0.25, 0.3) is 5.91 Å². The Morgan fingerprint density at radius 1 is 1.47 bits per heavy atom. The van der Waals surface area contributed by atoms with Crippen LogP contribution in [0, 0.1) is 0 Å². The molecular formula is C9H7ClN4OS2. The van der Waals surface area contributed by atoms with Gasteiger partial charge in [-0.1, -0.05) is 11.3 Å². The Hall–Kier alpha value is -1.05. The van der Waals surface area contributed by atoms with Gasteiger partial charge in [0, 0.05) is 11.3 Å². The maximum Gasteiger partial charge on any atom is 0.288 e. The molecule has 1 saturated carbocycles. The van der Waals surface area contributed by atoms with Crippen LogP contribution in [0.15, 0.2) is 5.38 Å². The summed E-state index contributed by atoms with van der Waals surface area (Å²) in [7, 11) is 0. The molecule has 2 aromatic heterocycles. The van der Waals surface area contributed by atoms with Crippen LogP contribution >= 0.6 is 34.3 Å². The van der Waals surface area contributed by atoms with Crippen molar-refractivity contribution in [3.05, 3.63) is 20.5 Å². The van der Waals surface area contributed by atoms with E-state index in [9.17, 15) is 4.79 Å². The first-order valence-corrected chi connectivity index (χ1v) is 7.05. The van der Waals surface area contributed by atoms with E-state index in [1.165, 1.54) is 24.2 Å². The number of aromatic nitrogens is 3. The molecule has 2 aromatic rings. The van der Waals surface area contributed by atoms with Gasteiger partial charge >= 0.3 is 0 Å². The van der Waals surface area contributed by atoms with Crippen molar-refractivity contribution < 1.29 is 4.79 Å². The van der Waals surface area contributed by atoms with Crippen molar-refractivity contribution >= 4 is 45.3 Å². The Balaban J connectivity index is 1.71. The molecule has 0 aromatic carbocycles. The van der Waals surface area contributed by atoms with Gasteiger partial charge < -0.3 is 0 Å². The second kappa shape index (κ2) is 4.32. The molecule has 0 unspecified atom stereocenters. The number of carbonyl (C=O) groups is 1. The van der Waals surface area contributed by atoms with Gasteiger partial charge in [-0.05, 0) is 24.4 Å². The van der Waals surface area contributed by atoms with Crippen LogP contribution in [0.2, 0.25) is 4.47 Å². The minimum atomic E-state index is -0.314. The molecule has 88 valence electrons. The summed E-state index contributed by atoms with van der Waals surface area (Å²) in [5.41, 5.74) is 1.07. The van der Waals surface area contributed by atoms with Crippen LogP contribution in [-0.2, 0) is 0 Å². The highest BCUT2D eigenvalue weighted by Crippen LogP contribution is 2.40. The largest absolute Gasteiger partial charge is 0.296 e. The third-order valence-electron chi connectivity index (χ3n) is 2.33. The topological polar surface area (TPSA) is 67.8 Å². The highest BCUT2D eigenvalue weighted by molar-refractivity contribution is 7.17. The number of thiazole rings is 1. The molecule has 1 fully saturated rings. The van der Waals surface area contributed by atoms with Gasteiger partial charge in [0.2, 0.25) is 9.47 Å². The van der Waals surface area contributed by atoms with E-state index in [-0.39, 0.29) is 15.4 Å². The molecule has 1 aliphatic rings. The molecule has 3 rings (SSSR count). The lowest BCUT2D eigenvalue weighted by molar-refractivity contribution is 0.102. The first-order chi connectivity index (χ1) is 8.22. The number of halogens is 1. The zero-order valence-corrected chi connectivity index (χ0v) is 10.9. The number of nitrogens with one attached hydrogen (secondary N) is 1. The van der Waals surface area contributed by atoms with Crippen LogP contribution in [0.1, 0.15) is 34.3 Å². The van der Waals surface area contributed by atoms with Crippen LogP contribution < -0.4 is 5.32 Å². The van der Waals surface area contributed by atoms with Gasteiger partial charge in [-0.15, -0.1) is 21.5 Å². The average Bonchev–Trinajstić information content (AvgIpc) is 2.90. The molecule has 8 heteroatoms. The van der Waals surface area contributed by atoms with E-state index in [2.05, 4.69) is 20.5 Å². The summed E-state index contributed by atoms with van der Waals surface area (Å²) in [6, 6.07) is 0. The molecule has 2 heterocycles. The van der Waals surface area contributed by atoms with Crippen LogP contribution in [0.25, 0.3) is 0 Å². The van der Waals surface area contributed by atoms with Gasteiger partial charge in [0.15, 0.2) is 5.13 Å². The number of nitrogens with zero attached hydrogens (tertiary/aromatic N) is 3. The molecule has 0 saturated heterocycles.